The summed E-state index contributed by atoms with van der Waals surface area (Å²) in [4.78, 5) is 38.1. The number of fused-ring (bicyclic) bond motifs is 3. The van der Waals surface area contributed by atoms with E-state index in [-0.39, 0.29) is 140 Å². The van der Waals surface area contributed by atoms with Gasteiger partial charge in [0.15, 0.2) is 45.6 Å². The van der Waals surface area contributed by atoms with Crippen molar-refractivity contribution in [3.05, 3.63) is 111 Å². The van der Waals surface area contributed by atoms with Gasteiger partial charge in [-0.15, -0.1) is 12.4 Å². The van der Waals surface area contributed by atoms with Crippen molar-refractivity contribution in [2.75, 3.05) is 81.5 Å². The predicted molar refractivity (Wildman–Crippen MR) is 366 cm³/mol. The molecule has 4 fully saturated rings. The lowest BCUT2D eigenvalue weighted by Crippen LogP contribution is -2.49. The molecule has 4 aromatic heterocycles. The van der Waals surface area contributed by atoms with Crippen LogP contribution in [0.25, 0.3) is 0 Å². The second-order valence-electron chi connectivity index (χ2n) is 21.2. The van der Waals surface area contributed by atoms with E-state index in [0.29, 0.717) is 43.0 Å². The first-order valence-corrected chi connectivity index (χ1v) is 28.7. The van der Waals surface area contributed by atoms with Gasteiger partial charge in [0.2, 0.25) is 21.1 Å². The van der Waals surface area contributed by atoms with Crippen molar-refractivity contribution in [1.82, 2.24) is 45.2 Å². The van der Waals surface area contributed by atoms with Crippen LogP contribution in [0.5, 0.6) is 34.5 Å². The van der Waals surface area contributed by atoms with Gasteiger partial charge < -0.3 is 64.1 Å². The Hall–Kier alpha value is -4.06. The van der Waals surface area contributed by atoms with Crippen molar-refractivity contribution < 1.29 is 44.1 Å². The van der Waals surface area contributed by atoms with E-state index in [9.17, 15) is 15.3 Å². The largest absolute Gasteiger partial charge is 0.503 e. The number of aromatic hydroxyl groups is 1. The molecule has 0 unspecified atom stereocenters. The fraction of sp³-hybridized carbons (Fsp3) is 0.500. The highest BCUT2D eigenvalue weighted by atomic mass is 35.5. The molecule has 0 saturated carbocycles. The Labute approximate surface area is 568 Å². The Morgan fingerprint density at radius 1 is 0.540 bits per heavy atom. The molecule has 5 aliphatic rings. The van der Waals surface area contributed by atoms with Gasteiger partial charge in [-0.1, -0.05) is 35.9 Å². The molecule has 0 aliphatic carbocycles. The van der Waals surface area contributed by atoms with Gasteiger partial charge >= 0.3 is 0 Å². The summed E-state index contributed by atoms with van der Waals surface area (Å²) in [5, 5.41) is 41.8. The first kappa shape index (κ1) is 79.0. The number of ether oxygens (including phenoxy) is 5. The zero-order valence-electron chi connectivity index (χ0n) is 49.2. The van der Waals surface area contributed by atoms with E-state index in [4.69, 9.17) is 86.8 Å². The van der Waals surface area contributed by atoms with Crippen molar-refractivity contribution in [3.63, 3.8) is 0 Å². The number of aromatic nitrogens is 8. The van der Waals surface area contributed by atoms with Crippen LogP contribution in [0.3, 0.4) is 0 Å². The van der Waals surface area contributed by atoms with Crippen LogP contribution >= 0.6 is 124 Å². The quantitative estimate of drug-likeness (QED) is 0.0532. The molecule has 31 heteroatoms. The number of nitrogens with one attached hydrogen (secondary N) is 1. The molecule has 9 heterocycles. The van der Waals surface area contributed by atoms with E-state index in [1.54, 1.807) is 26.6 Å². The van der Waals surface area contributed by atoms with Crippen molar-refractivity contribution in [2.45, 2.75) is 114 Å². The minimum Gasteiger partial charge on any atom is -0.503 e. The molecule has 2 aromatic carbocycles. The van der Waals surface area contributed by atoms with Crippen LogP contribution in [0.4, 0.5) is 17.5 Å². The summed E-state index contributed by atoms with van der Waals surface area (Å²) < 4.78 is 27.3. The van der Waals surface area contributed by atoms with Crippen LogP contribution in [-0.2, 0) is 13.2 Å². The van der Waals surface area contributed by atoms with Gasteiger partial charge in [-0.05, 0) is 167 Å². The third-order valence-corrected chi connectivity index (χ3v) is 16.0. The van der Waals surface area contributed by atoms with Crippen LogP contribution < -0.4 is 43.7 Å². The molecule has 5 aliphatic heterocycles. The SMILES string of the molecule is COc1ccc(COc2cnc(Cl)nc2Cl)cc1.COc1ccc(COc2cnc(Cl)nc2N2CCC[C@@]2(C)CO)cc1.C[C@@]1(CO)CCCN1.C[C@@]1(CO)CCCN1c1nc(Cl)ncc1O.C[C@@]12CCCN1c1nc(Cl)ncc1OC2.Cl.S.S.S.S. The molecule has 4 saturated heterocycles. The molecular formula is C56H80Cl6N12O9S4. The molecule has 0 bridgehead atoms. The maximum atomic E-state index is 9.80. The number of rotatable bonds is 13. The molecule has 6 aromatic rings. The topological polar surface area (TPSA) is 252 Å². The summed E-state index contributed by atoms with van der Waals surface area (Å²) >= 11 is 29.0. The highest BCUT2D eigenvalue weighted by Gasteiger charge is 2.43. The number of aliphatic hydroxyl groups excluding tert-OH is 3. The second kappa shape index (κ2) is 36.7. The number of methoxy groups -OCH3 is 2. The van der Waals surface area contributed by atoms with Crippen LogP contribution in [0.15, 0.2) is 73.3 Å². The predicted octanol–water partition coefficient (Wildman–Crippen LogP) is 10.5. The molecule has 5 N–H and O–H groups in total. The van der Waals surface area contributed by atoms with Gasteiger partial charge in [0, 0.05) is 25.2 Å². The summed E-state index contributed by atoms with van der Waals surface area (Å²) in [7, 11) is 3.26. The number of aliphatic hydroxyl groups is 3. The zero-order valence-corrected chi connectivity index (χ0v) is 57.8. The smallest absolute Gasteiger partial charge is 0.224 e. The first-order chi connectivity index (χ1) is 39.3. The fourth-order valence-electron chi connectivity index (χ4n) is 9.97. The number of nitrogens with zero attached hydrogens (tertiary/aromatic N) is 11. The summed E-state index contributed by atoms with van der Waals surface area (Å²) in [6.07, 6.45) is 14.3. The average Bonchev–Trinajstić information content (AvgIpc) is 1.95. The highest BCUT2D eigenvalue weighted by molar-refractivity contribution is 7.59. The standard InChI is InChI=1S/C18H22ClN3O3.C12H10Cl2N2O2.C10H14ClN3O2.C10H12ClN3O.C6H13NO.ClH.4H2S/c1-18(12-23)8-3-9-22(18)16-15(10-20-17(19)21-16)25-11-13-4-6-14(24-2)7-5-13;1-17-9-4-2-8(3-5-9)7-18-10-6-15-12(14)16-11(10)13;1-10(6-15)3-2-4-14(10)8-7(16)5-12-9(11)13-8;1-10-3-2-4-14(10)8-7(15-6-10)5-12-9(11)13-8;1-6(5-8)3-2-4-7-6;;;;;/h4-7,10,23H,3,8-9,11-12H2,1-2H3;2-6H,7H2,1H3;5,15-16H,2-4,6H2,1H3;5H,2-4,6H2,1H3;7-8H,2-5H2,1H3;1H;4*1H2/t18-;;2*10-;6-;;;;;/m0.000...../s1. The van der Waals surface area contributed by atoms with E-state index in [1.807, 2.05) is 67.3 Å². The van der Waals surface area contributed by atoms with Gasteiger partial charge in [0.25, 0.3) is 0 Å². The minimum absolute atomic E-state index is 0. The normalized spacial score (nSPS) is 20.8. The van der Waals surface area contributed by atoms with Gasteiger partial charge in [0.1, 0.15) is 31.3 Å². The monoisotopic (exact) mass is 1400 g/mol. The van der Waals surface area contributed by atoms with E-state index in [1.165, 1.54) is 25.2 Å². The van der Waals surface area contributed by atoms with Crippen LogP contribution in [-0.4, -0.2) is 149 Å². The zero-order chi connectivity index (χ0) is 59.1. The lowest BCUT2D eigenvalue weighted by atomic mass is 9.99. The van der Waals surface area contributed by atoms with Crippen LogP contribution in [0, 0.1) is 0 Å². The van der Waals surface area contributed by atoms with Crippen LogP contribution in [0.2, 0.25) is 26.3 Å². The summed E-state index contributed by atoms with van der Waals surface area (Å²) in [5.41, 5.74) is 1.38. The Kier molecular flexibility index (Phi) is 33.3. The molecule has 21 nitrogen and oxygen atoms in total. The Balaban J connectivity index is 0.000000378. The fourth-order valence-corrected chi connectivity index (χ4v) is 10.7. The number of hydrogen-bond acceptors (Lipinski definition) is 21. The Bertz CT molecular complexity index is 3040. The number of halogens is 6. The van der Waals surface area contributed by atoms with E-state index in [2.05, 4.69) is 68.8 Å². The molecular weight excluding hydrogens is 1330 g/mol. The first-order valence-electron chi connectivity index (χ1n) is 26.8. The third kappa shape index (κ3) is 21.3. The number of benzene rings is 2. The maximum Gasteiger partial charge on any atom is 0.224 e. The van der Waals surface area contributed by atoms with Gasteiger partial charge in [-0.3, -0.25) is 0 Å². The van der Waals surface area contributed by atoms with Gasteiger partial charge in [-0.2, -0.15) is 68.9 Å². The van der Waals surface area contributed by atoms with Crippen molar-refractivity contribution >= 4 is 142 Å². The van der Waals surface area contributed by atoms with Crippen LogP contribution in [0.1, 0.15) is 90.2 Å². The molecule has 87 heavy (non-hydrogen) atoms. The van der Waals surface area contributed by atoms with Gasteiger partial charge in [0.05, 0.1) is 75.4 Å². The van der Waals surface area contributed by atoms with E-state index >= 15 is 0 Å². The van der Waals surface area contributed by atoms with Crippen molar-refractivity contribution in [2.24, 2.45) is 0 Å². The lowest BCUT2D eigenvalue weighted by Gasteiger charge is -2.40. The highest BCUT2D eigenvalue weighted by Crippen LogP contribution is 2.43. The average molecular weight is 1410 g/mol. The molecule has 484 valence electrons. The summed E-state index contributed by atoms with van der Waals surface area (Å²) in [6.45, 7) is 13.7. The van der Waals surface area contributed by atoms with Crippen molar-refractivity contribution in [3.8, 4) is 34.5 Å². The Morgan fingerprint density at radius 2 is 0.989 bits per heavy atom. The second-order valence-corrected chi connectivity index (χ2v) is 22.9. The molecule has 0 radical (unpaired) electrons. The van der Waals surface area contributed by atoms with E-state index < -0.39 is 0 Å². The maximum absolute atomic E-state index is 9.80. The van der Waals surface area contributed by atoms with E-state index in [0.717, 1.165) is 98.9 Å². The molecule has 11 rings (SSSR count). The Morgan fingerprint density at radius 3 is 1.47 bits per heavy atom. The molecule has 4 atom stereocenters. The number of hydrogen-bond donors (Lipinski definition) is 5. The minimum atomic E-state index is -0.380. The number of anilines is 3. The summed E-state index contributed by atoms with van der Waals surface area (Å²) in [5.74, 6) is 5.17. The lowest BCUT2D eigenvalue weighted by molar-refractivity contribution is 0.192. The van der Waals surface area contributed by atoms with Crippen molar-refractivity contribution in [1.29, 1.82) is 0 Å². The molecule has 0 amide bonds. The van der Waals surface area contributed by atoms with Gasteiger partial charge in [-0.25, -0.2) is 24.9 Å². The summed E-state index contributed by atoms with van der Waals surface area (Å²) in [6, 6.07) is 15.2. The third-order valence-electron chi connectivity index (χ3n) is 15.0. The molecule has 0 spiro atoms.